The third-order valence-electron chi connectivity index (χ3n) is 3.44. The molecule has 0 saturated carbocycles. The van der Waals surface area contributed by atoms with Crippen LogP contribution in [0.25, 0.3) is 0 Å². The van der Waals surface area contributed by atoms with Crippen LogP contribution in [0.2, 0.25) is 0 Å². The lowest BCUT2D eigenvalue weighted by atomic mass is 10.0. The molecule has 7 heteroatoms. The Kier molecular flexibility index (Phi) is 7.47. The fourth-order valence-corrected chi connectivity index (χ4v) is 2.25. The van der Waals surface area contributed by atoms with Gasteiger partial charge in [-0.1, -0.05) is 41.9 Å². The van der Waals surface area contributed by atoms with Gasteiger partial charge in [0, 0.05) is 4.47 Å². The quantitative estimate of drug-likeness (QED) is 0.674. The van der Waals surface area contributed by atoms with E-state index in [2.05, 4.69) is 40.6 Å². The summed E-state index contributed by atoms with van der Waals surface area (Å²) in [6.07, 6.45) is 0. The van der Waals surface area contributed by atoms with Crippen molar-refractivity contribution in [3.05, 3.63) is 58.6 Å². The lowest BCUT2D eigenvalue weighted by molar-refractivity contribution is -0.131. The average molecular weight is 421 g/mol. The first-order valence-corrected chi connectivity index (χ1v) is 8.92. The summed E-state index contributed by atoms with van der Waals surface area (Å²) in [7, 11) is 0. The van der Waals surface area contributed by atoms with Gasteiger partial charge in [0.2, 0.25) is 0 Å². The summed E-state index contributed by atoms with van der Waals surface area (Å²) in [4.78, 5) is 23.4. The number of carbonyl (C=O) groups is 2. The highest BCUT2D eigenvalue weighted by Crippen LogP contribution is 2.18. The van der Waals surface area contributed by atoms with Gasteiger partial charge in [-0.25, -0.2) is 0 Å². The third kappa shape index (κ3) is 6.76. The van der Waals surface area contributed by atoms with Gasteiger partial charge in [0.25, 0.3) is 11.8 Å². The van der Waals surface area contributed by atoms with Gasteiger partial charge in [0.15, 0.2) is 13.2 Å². The standard InChI is InChI=1S/C19H21BrN2O4/c1-13(2)14-3-7-16(8-4-14)25-11-18(23)21-22-19(24)12-26-17-9-5-15(20)6-10-17/h3-10,13H,11-12H2,1-2H3,(H,21,23)(H,22,24). The number of hydrogen-bond acceptors (Lipinski definition) is 4. The highest BCUT2D eigenvalue weighted by Gasteiger charge is 2.07. The van der Waals surface area contributed by atoms with Crippen LogP contribution in [0, 0.1) is 0 Å². The smallest absolute Gasteiger partial charge is 0.276 e. The van der Waals surface area contributed by atoms with Crippen molar-refractivity contribution < 1.29 is 19.1 Å². The fourth-order valence-electron chi connectivity index (χ4n) is 1.99. The van der Waals surface area contributed by atoms with Crippen LogP contribution in [0.3, 0.4) is 0 Å². The van der Waals surface area contributed by atoms with Crippen molar-refractivity contribution in [2.24, 2.45) is 0 Å². The Bertz CT molecular complexity index is 730. The minimum absolute atomic E-state index is 0.200. The lowest BCUT2D eigenvalue weighted by Gasteiger charge is -2.10. The fraction of sp³-hybridized carbons (Fsp3) is 0.263. The van der Waals surface area contributed by atoms with Crippen LogP contribution in [0.1, 0.15) is 25.3 Å². The zero-order chi connectivity index (χ0) is 18.9. The van der Waals surface area contributed by atoms with Crippen molar-refractivity contribution in [2.45, 2.75) is 19.8 Å². The molecule has 0 radical (unpaired) electrons. The molecule has 0 aliphatic heterocycles. The summed E-state index contributed by atoms with van der Waals surface area (Å²) >= 11 is 3.31. The van der Waals surface area contributed by atoms with Gasteiger partial charge in [0.1, 0.15) is 11.5 Å². The van der Waals surface area contributed by atoms with E-state index < -0.39 is 11.8 Å². The Hall–Kier alpha value is -2.54. The molecule has 26 heavy (non-hydrogen) atoms. The normalized spacial score (nSPS) is 10.3. The molecule has 2 amide bonds. The van der Waals surface area contributed by atoms with Gasteiger partial charge in [-0.3, -0.25) is 20.4 Å². The number of nitrogens with one attached hydrogen (secondary N) is 2. The number of rotatable bonds is 7. The van der Waals surface area contributed by atoms with Crippen LogP contribution in [-0.4, -0.2) is 25.0 Å². The minimum atomic E-state index is -0.470. The monoisotopic (exact) mass is 420 g/mol. The van der Waals surface area contributed by atoms with Gasteiger partial charge in [-0.2, -0.15) is 0 Å². The topological polar surface area (TPSA) is 76.7 Å². The summed E-state index contributed by atoms with van der Waals surface area (Å²) in [5.41, 5.74) is 5.74. The first-order chi connectivity index (χ1) is 12.4. The molecule has 0 atom stereocenters. The summed E-state index contributed by atoms with van der Waals surface area (Å²) in [5, 5.41) is 0. The lowest BCUT2D eigenvalue weighted by Crippen LogP contribution is -2.45. The molecule has 0 bridgehead atoms. The maximum atomic E-state index is 11.7. The van der Waals surface area contributed by atoms with Crippen molar-refractivity contribution in [3.8, 4) is 11.5 Å². The van der Waals surface area contributed by atoms with Crippen molar-refractivity contribution in [1.29, 1.82) is 0 Å². The number of carbonyl (C=O) groups excluding carboxylic acids is 2. The predicted molar refractivity (Wildman–Crippen MR) is 102 cm³/mol. The van der Waals surface area contributed by atoms with E-state index in [1.165, 1.54) is 5.56 Å². The Balaban J connectivity index is 1.66. The summed E-state index contributed by atoms with van der Waals surface area (Å²) in [5.74, 6) is 0.650. The molecular weight excluding hydrogens is 400 g/mol. The molecule has 0 aliphatic rings. The highest BCUT2D eigenvalue weighted by molar-refractivity contribution is 9.10. The zero-order valence-corrected chi connectivity index (χ0v) is 16.2. The number of halogens is 1. The molecule has 0 aliphatic carbocycles. The van der Waals surface area contributed by atoms with Gasteiger partial charge in [-0.05, 0) is 47.9 Å². The van der Waals surface area contributed by atoms with E-state index in [0.29, 0.717) is 17.4 Å². The van der Waals surface area contributed by atoms with E-state index >= 15 is 0 Å². The first kappa shape index (κ1) is 19.8. The molecule has 0 fully saturated rings. The van der Waals surface area contributed by atoms with Crippen LogP contribution >= 0.6 is 15.9 Å². The minimum Gasteiger partial charge on any atom is -0.484 e. The van der Waals surface area contributed by atoms with Crippen LogP contribution in [-0.2, 0) is 9.59 Å². The molecule has 0 spiro atoms. The summed E-state index contributed by atoms with van der Waals surface area (Å²) in [6.45, 7) is 3.80. The predicted octanol–water partition coefficient (Wildman–Crippen LogP) is 3.18. The van der Waals surface area contributed by atoms with Gasteiger partial charge in [0.05, 0.1) is 0 Å². The number of amides is 2. The molecule has 0 saturated heterocycles. The average Bonchev–Trinajstić information content (AvgIpc) is 2.64. The molecule has 2 aromatic rings. The number of benzene rings is 2. The Morgan fingerprint density at radius 2 is 1.27 bits per heavy atom. The zero-order valence-electron chi connectivity index (χ0n) is 14.6. The third-order valence-corrected chi connectivity index (χ3v) is 3.97. The summed E-state index contributed by atoms with van der Waals surface area (Å²) in [6, 6.07) is 14.6. The first-order valence-electron chi connectivity index (χ1n) is 8.13. The van der Waals surface area contributed by atoms with Crippen molar-refractivity contribution >= 4 is 27.7 Å². The van der Waals surface area contributed by atoms with Gasteiger partial charge in [-0.15, -0.1) is 0 Å². The van der Waals surface area contributed by atoms with Crippen LogP contribution in [0.4, 0.5) is 0 Å². The van der Waals surface area contributed by atoms with Crippen LogP contribution < -0.4 is 20.3 Å². The van der Waals surface area contributed by atoms with E-state index in [1.54, 1.807) is 24.3 Å². The molecule has 0 aromatic heterocycles. The van der Waals surface area contributed by atoms with E-state index in [9.17, 15) is 9.59 Å². The molecule has 6 nitrogen and oxygen atoms in total. The van der Waals surface area contributed by atoms with E-state index in [1.807, 2.05) is 24.3 Å². The van der Waals surface area contributed by atoms with Crippen molar-refractivity contribution in [2.75, 3.05) is 13.2 Å². The molecular formula is C19H21BrN2O4. The molecule has 138 valence electrons. The highest BCUT2D eigenvalue weighted by atomic mass is 79.9. The summed E-state index contributed by atoms with van der Waals surface area (Å²) < 4.78 is 11.6. The van der Waals surface area contributed by atoms with Crippen molar-refractivity contribution in [1.82, 2.24) is 10.9 Å². The second-order valence-corrected chi connectivity index (χ2v) is 6.77. The second-order valence-electron chi connectivity index (χ2n) is 5.85. The second kappa shape index (κ2) is 9.82. The number of hydrazine groups is 1. The van der Waals surface area contributed by atoms with Gasteiger partial charge >= 0.3 is 0 Å². The maximum Gasteiger partial charge on any atom is 0.276 e. The van der Waals surface area contributed by atoms with E-state index in [4.69, 9.17) is 9.47 Å². The molecule has 2 aromatic carbocycles. The molecule has 0 heterocycles. The Morgan fingerprint density at radius 1 is 0.846 bits per heavy atom. The van der Waals surface area contributed by atoms with Gasteiger partial charge < -0.3 is 9.47 Å². The Morgan fingerprint density at radius 3 is 1.69 bits per heavy atom. The van der Waals surface area contributed by atoms with Crippen molar-refractivity contribution in [3.63, 3.8) is 0 Å². The van der Waals surface area contributed by atoms with Crippen LogP contribution in [0.15, 0.2) is 53.0 Å². The molecule has 2 rings (SSSR count). The molecule has 2 N–H and O–H groups in total. The number of hydrogen-bond donors (Lipinski definition) is 2. The largest absolute Gasteiger partial charge is 0.484 e. The maximum absolute atomic E-state index is 11.7. The molecule has 0 unspecified atom stereocenters. The number of ether oxygens (including phenoxy) is 2. The Labute approximate surface area is 161 Å². The van der Waals surface area contributed by atoms with Crippen LogP contribution in [0.5, 0.6) is 11.5 Å². The SMILES string of the molecule is CC(C)c1ccc(OCC(=O)NNC(=O)COc2ccc(Br)cc2)cc1. The van der Waals surface area contributed by atoms with E-state index in [-0.39, 0.29) is 13.2 Å². The van der Waals surface area contributed by atoms with E-state index in [0.717, 1.165) is 4.47 Å².